The first kappa shape index (κ1) is 13.1. The standard InChI is InChI=1S/C14H14FN3OS/c1-16-14-17-11(8-20-14)13(19)18-7-6-12(18)9-2-4-10(15)5-3-9/h2-5,8,12H,6-7H2,1H3,(H,16,17). The Kier molecular flexibility index (Phi) is 3.40. The minimum atomic E-state index is -0.260. The number of amides is 1. The van der Waals surface area contributed by atoms with Crippen LogP contribution in [0.5, 0.6) is 0 Å². The highest BCUT2D eigenvalue weighted by molar-refractivity contribution is 7.13. The fourth-order valence-electron chi connectivity index (χ4n) is 2.30. The van der Waals surface area contributed by atoms with Crippen LogP contribution in [-0.2, 0) is 0 Å². The van der Waals surface area contributed by atoms with Crippen LogP contribution in [0.15, 0.2) is 29.6 Å². The number of likely N-dealkylation sites (tertiary alicyclic amines) is 1. The highest BCUT2D eigenvalue weighted by Gasteiger charge is 2.34. The van der Waals surface area contributed by atoms with E-state index in [0.29, 0.717) is 12.2 Å². The first-order valence-corrected chi connectivity index (χ1v) is 7.26. The van der Waals surface area contributed by atoms with E-state index in [0.717, 1.165) is 17.1 Å². The van der Waals surface area contributed by atoms with Gasteiger partial charge in [0, 0.05) is 19.0 Å². The maximum absolute atomic E-state index is 12.9. The van der Waals surface area contributed by atoms with Gasteiger partial charge in [-0.1, -0.05) is 12.1 Å². The second-order valence-corrected chi connectivity index (χ2v) is 5.50. The number of halogens is 1. The van der Waals surface area contributed by atoms with Crippen LogP contribution in [0.4, 0.5) is 9.52 Å². The Hall–Kier alpha value is -1.95. The quantitative estimate of drug-likeness (QED) is 0.945. The van der Waals surface area contributed by atoms with Gasteiger partial charge in [-0.25, -0.2) is 9.37 Å². The second kappa shape index (κ2) is 5.20. The van der Waals surface area contributed by atoms with Crippen LogP contribution < -0.4 is 5.32 Å². The van der Waals surface area contributed by atoms with Crippen LogP contribution in [-0.4, -0.2) is 29.4 Å². The van der Waals surface area contributed by atoms with Crippen molar-refractivity contribution in [3.63, 3.8) is 0 Å². The minimum absolute atomic E-state index is 0.0304. The summed E-state index contributed by atoms with van der Waals surface area (Å²) in [7, 11) is 1.78. The van der Waals surface area contributed by atoms with Crippen molar-refractivity contribution in [3.8, 4) is 0 Å². The molecule has 1 aromatic carbocycles. The van der Waals surface area contributed by atoms with Gasteiger partial charge in [-0.2, -0.15) is 0 Å². The van der Waals surface area contributed by atoms with Crippen molar-refractivity contribution in [2.45, 2.75) is 12.5 Å². The molecule has 1 aliphatic rings. The summed E-state index contributed by atoms with van der Waals surface area (Å²) in [4.78, 5) is 18.4. The highest BCUT2D eigenvalue weighted by Crippen LogP contribution is 2.34. The van der Waals surface area contributed by atoms with Gasteiger partial charge in [-0.15, -0.1) is 11.3 Å². The molecule has 1 unspecified atom stereocenters. The molecule has 1 fully saturated rings. The molecule has 0 bridgehead atoms. The number of benzene rings is 1. The Morgan fingerprint density at radius 2 is 2.20 bits per heavy atom. The van der Waals surface area contributed by atoms with E-state index in [4.69, 9.17) is 0 Å². The molecule has 2 aromatic rings. The largest absolute Gasteiger partial charge is 0.365 e. The first-order chi connectivity index (χ1) is 9.69. The van der Waals surface area contributed by atoms with Crippen molar-refractivity contribution in [1.29, 1.82) is 0 Å². The lowest BCUT2D eigenvalue weighted by Gasteiger charge is -2.41. The van der Waals surface area contributed by atoms with Gasteiger partial charge < -0.3 is 10.2 Å². The monoisotopic (exact) mass is 291 g/mol. The van der Waals surface area contributed by atoms with Gasteiger partial charge in [0.05, 0.1) is 6.04 Å². The van der Waals surface area contributed by atoms with Crippen molar-refractivity contribution >= 4 is 22.4 Å². The number of nitrogens with one attached hydrogen (secondary N) is 1. The maximum atomic E-state index is 12.9. The maximum Gasteiger partial charge on any atom is 0.273 e. The van der Waals surface area contributed by atoms with Crippen molar-refractivity contribution in [1.82, 2.24) is 9.88 Å². The lowest BCUT2D eigenvalue weighted by molar-refractivity contribution is 0.0455. The third-order valence-electron chi connectivity index (χ3n) is 3.47. The Bertz CT molecular complexity index is 626. The molecule has 1 aliphatic heterocycles. The summed E-state index contributed by atoms with van der Waals surface area (Å²) in [6.45, 7) is 0.716. The van der Waals surface area contributed by atoms with E-state index in [-0.39, 0.29) is 17.8 Å². The minimum Gasteiger partial charge on any atom is -0.365 e. The van der Waals surface area contributed by atoms with E-state index < -0.39 is 0 Å². The molecule has 4 nitrogen and oxygen atoms in total. The first-order valence-electron chi connectivity index (χ1n) is 6.39. The van der Waals surface area contributed by atoms with E-state index in [9.17, 15) is 9.18 Å². The van der Waals surface area contributed by atoms with E-state index in [1.807, 2.05) is 0 Å². The van der Waals surface area contributed by atoms with Gasteiger partial charge in [0.1, 0.15) is 11.5 Å². The van der Waals surface area contributed by atoms with Gasteiger partial charge in [0.15, 0.2) is 5.13 Å². The molecule has 0 radical (unpaired) electrons. The topological polar surface area (TPSA) is 45.2 Å². The van der Waals surface area contributed by atoms with Crippen molar-refractivity contribution in [2.75, 3.05) is 18.9 Å². The van der Waals surface area contributed by atoms with Crippen LogP contribution in [0.3, 0.4) is 0 Å². The zero-order valence-electron chi connectivity index (χ0n) is 11.0. The summed E-state index contributed by atoms with van der Waals surface area (Å²) >= 11 is 1.41. The third kappa shape index (κ3) is 2.27. The van der Waals surface area contributed by atoms with Crippen LogP contribution in [0, 0.1) is 5.82 Å². The normalized spacial score (nSPS) is 17.7. The van der Waals surface area contributed by atoms with Gasteiger partial charge in [0.25, 0.3) is 5.91 Å². The third-order valence-corrected chi connectivity index (χ3v) is 4.33. The molecule has 20 heavy (non-hydrogen) atoms. The van der Waals surface area contributed by atoms with Crippen LogP contribution in [0.25, 0.3) is 0 Å². The molecule has 0 saturated carbocycles. The molecule has 3 rings (SSSR count). The van der Waals surface area contributed by atoms with Crippen LogP contribution in [0.2, 0.25) is 0 Å². The second-order valence-electron chi connectivity index (χ2n) is 4.64. The van der Waals surface area contributed by atoms with Crippen molar-refractivity contribution < 1.29 is 9.18 Å². The van der Waals surface area contributed by atoms with Crippen LogP contribution >= 0.6 is 11.3 Å². The number of nitrogens with zero attached hydrogens (tertiary/aromatic N) is 2. The van der Waals surface area contributed by atoms with E-state index in [2.05, 4.69) is 10.3 Å². The number of thiazole rings is 1. The fraction of sp³-hybridized carbons (Fsp3) is 0.286. The Balaban J connectivity index is 1.77. The van der Waals surface area contributed by atoms with Crippen molar-refractivity contribution in [2.24, 2.45) is 0 Å². The SMILES string of the molecule is CNc1nc(C(=O)N2CCC2c2ccc(F)cc2)cs1. The molecule has 1 atom stereocenters. The lowest BCUT2D eigenvalue weighted by atomic mass is 9.94. The number of carbonyl (C=O) groups is 1. The van der Waals surface area contributed by atoms with Gasteiger partial charge in [-0.3, -0.25) is 4.79 Å². The summed E-state index contributed by atoms with van der Waals surface area (Å²) in [5.41, 5.74) is 1.43. The Morgan fingerprint density at radius 1 is 1.45 bits per heavy atom. The van der Waals surface area contributed by atoms with Crippen LogP contribution in [0.1, 0.15) is 28.5 Å². The average molecular weight is 291 g/mol. The molecule has 1 aromatic heterocycles. The number of hydrogen-bond acceptors (Lipinski definition) is 4. The van der Waals surface area contributed by atoms with E-state index in [1.165, 1.54) is 23.5 Å². The number of carbonyl (C=O) groups excluding carboxylic acids is 1. The van der Waals surface area contributed by atoms with Gasteiger partial charge >= 0.3 is 0 Å². The van der Waals surface area contributed by atoms with E-state index >= 15 is 0 Å². The number of rotatable bonds is 3. The van der Waals surface area contributed by atoms with Gasteiger partial charge in [-0.05, 0) is 24.1 Å². The molecule has 1 amide bonds. The molecule has 6 heteroatoms. The Labute approximate surface area is 120 Å². The average Bonchev–Trinajstić information content (AvgIpc) is 2.89. The van der Waals surface area contributed by atoms with Gasteiger partial charge in [0.2, 0.25) is 0 Å². The molecule has 2 heterocycles. The zero-order chi connectivity index (χ0) is 14.1. The molecule has 1 saturated heterocycles. The lowest BCUT2D eigenvalue weighted by Crippen LogP contribution is -2.45. The summed E-state index contributed by atoms with van der Waals surface area (Å²) in [5.74, 6) is -0.326. The molecule has 0 aliphatic carbocycles. The summed E-state index contributed by atoms with van der Waals surface area (Å²) in [6, 6.07) is 6.36. The fourth-order valence-corrected chi connectivity index (χ4v) is 2.94. The smallest absolute Gasteiger partial charge is 0.273 e. The summed E-state index contributed by atoms with van der Waals surface area (Å²) in [5, 5.41) is 5.41. The summed E-state index contributed by atoms with van der Waals surface area (Å²) in [6.07, 6.45) is 0.903. The molecule has 1 N–H and O–H groups in total. The molecular formula is C14H14FN3OS. The Morgan fingerprint density at radius 3 is 2.75 bits per heavy atom. The molecular weight excluding hydrogens is 277 g/mol. The number of anilines is 1. The predicted octanol–water partition coefficient (Wildman–Crippen LogP) is 2.91. The van der Waals surface area contributed by atoms with Crippen molar-refractivity contribution in [3.05, 3.63) is 46.7 Å². The molecule has 104 valence electrons. The molecule has 0 spiro atoms. The highest BCUT2D eigenvalue weighted by atomic mass is 32.1. The zero-order valence-corrected chi connectivity index (χ0v) is 11.8. The van der Waals surface area contributed by atoms with E-state index in [1.54, 1.807) is 29.5 Å². The summed E-state index contributed by atoms with van der Waals surface area (Å²) < 4.78 is 12.9. The number of aromatic nitrogens is 1. The number of hydrogen-bond donors (Lipinski definition) is 1. The predicted molar refractivity (Wildman–Crippen MR) is 76.5 cm³/mol.